The molecular weight excluding hydrogens is 423 g/mol. The van der Waals surface area contributed by atoms with Gasteiger partial charge in [-0.2, -0.15) is 18.2 Å². The van der Waals surface area contributed by atoms with Gasteiger partial charge in [0.15, 0.2) is 0 Å². The molecule has 10 heteroatoms. The molecule has 4 rings (SSSR count). The monoisotopic (exact) mass is 449 g/mol. The number of alkyl halides is 3. The SMILES string of the molecule is Cc1cc(N2CCOCC2)nc(N2CCN(C(=O)Cc3ccc(C(F)(F)F)cc3)CC2)n1. The van der Waals surface area contributed by atoms with Crippen molar-refractivity contribution in [2.45, 2.75) is 19.5 Å². The number of piperazine rings is 1. The van der Waals surface area contributed by atoms with Crippen LogP contribution in [0.2, 0.25) is 0 Å². The van der Waals surface area contributed by atoms with Gasteiger partial charge < -0.3 is 19.4 Å². The summed E-state index contributed by atoms with van der Waals surface area (Å²) in [5.41, 5.74) is 0.747. The molecule has 3 heterocycles. The summed E-state index contributed by atoms with van der Waals surface area (Å²) in [5, 5.41) is 0. The lowest BCUT2D eigenvalue weighted by Gasteiger charge is -2.35. The van der Waals surface area contributed by atoms with Crippen LogP contribution in [0.5, 0.6) is 0 Å². The molecule has 0 radical (unpaired) electrons. The maximum atomic E-state index is 12.7. The molecule has 1 aromatic heterocycles. The zero-order valence-corrected chi connectivity index (χ0v) is 17.9. The molecular formula is C22H26F3N5O2. The van der Waals surface area contributed by atoms with E-state index in [0.717, 1.165) is 36.7 Å². The third-order valence-corrected chi connectivity index (χ3v) is 5.72. The summed E-state index contributed by atoms with van der Waals surface area (Å²) in [7, 11) is 0. The van der Waals surface area contributed by atoms with Crippen molar-refractivity contribution in [3.63, 3.8) is 0 Å². The van der Waals surface area contributed by atoms with Crippen LogP contribution < -0.4 is 9.80 Å². The number of carbonyl (C=O) groups is 1. The normalized spacial score (nSPS) is 17.6. The molecule has 1 amide bonds. The predicted molar refractivity (Wildman–Crippen MR) is 114 cm³/mol. The van der Waals surface area contributed by atoms with Crippen molar-refractivity contribution in [1.82, 2.24) is 14.9 Å². The number of hydrogen-bond acceptors (Lipinski definition) is 6. The highest BCUT2D eigenvalue weighted by atomic mass is 19.4. The van der Waals surface area contributed by atoms with Crippen LogP contribution in [-0.4, -0.2) is 73.3 Å². The minimum atomic E-state index is -4.38. The van der Waals surface area contributed by atoms with Crippen molar-refractivity contribution in [1.29, 1.82) is 0 Å². The number of morpholine rings is 1. The molecule has 0 bridgehead atoms. The Morgan fingerprint density at radius 2 is 1.62 bits per heavy atom. The molecule has 2 saturated heterocycles. The lowest BCUT2D eigenvalue weighted by atomic mass is 10.1. The number of hydrogen-bond donors (Lipinski definition) is 0. The van der Waals surface area contributed by atoms with Gasteiger partial charge in [-0.15, -0.1) is 0 Å². The van der Waals surface area contributed by atoms with Crippen LogP contribution in [0.25, 0.3) is 0 Å². The summed E-state index contributed by atoms with van der Waals surface area (Å²) in [6.07, 6.45) is -4.29. The van der Waals surface area contributed by atoms with Crippen molar-refractivity contribution in [3.05, 3.63) is 47.2 Å². The van der Waals surface area contributed by atoms with Crippen LogP contribution in [0.15, 0.2) is 30.3 Å². The van der Waals surface area contributed by atoms with Gasteiger partial charge in [0.05, 0.1) is 25.2 Å². The second-order valence-electron chi connectivity index (χ2n) is 8.01. The number of aromatic nitrogens is 2. The van der Waals surface area contributed by atoms with Crippen LogP contribution >= 0.6 is 0 Å². The highest BCUT2D eigenvalue weighted by Crippen LogP contribution is 2.29. The van der Waals surface area contributed by atoms with Gasteiger partial charge in [-0.3, -0.25) is 4.79 Å². The van der Waals surface area contributed by atoms with Crippen molar-refractivity contribution >= 4 is 17.7 Å². The van der Waals surface area contributed by atoms with E-state index in [2.05, 4.69) is 14.8 Å². The van der Waals surface area contributed by atoms with Crippen LogP contribution in [0.4, 0.5) is 24.9 Å². The summed E-state index contributed by atoms with van der Waals surface area (Å²) in [6.45, 7) is 7.13. The molecule has 0 aliphatic carbocycles. The molecule has 2 aromatic rings. The Morgan fingerprint density at radius 1 is 0.969 bits per heavy atom. The van der Waals surface area contributed by atoms with Crippen molar-refractivity contribution in [2.75, 3.05) is 62.3 Å². The smallest absolute Gasteiger partial charge is 0.378 e. The summed E-state index contributed by atoms with van der Waals surface area (Å²) < 4.78 is 43.5. The number of anilines is 2. The quantitative estimate of drug-likeness (QED) is 0.715. The molecule has 2 fully saturated rings. The van der Waals surface area contributed by atoms with Crippen LogP contribution in [0, 0.1) is 6.92 Å². The number of amides is 1. The van der Waals surface area contributed by atoms with E-state index in [1.54, 1.807) is 4.90 Å². The van der Waals surface area contributed by atoms with Crippen molar-refractivity contribution in [3.8, 4) is 0 Å². The first-order valence-electron chi connectivity index (χ1n) is 10.7. The van der Waals surface area contributed by atoms with Gasteiger partial charge in [-0.25, -0.2) is 4.98 Å². The first-order chi connectivity index (χ1) is 15.3. The average Bonchev–Trinajstić information content (AvgIpc) is 2.79. The Bertz CT molecular complexity index is 938. The second-order valence-corrected chi connectivity index (χ2v) is 8.01. The topological polar surface area (TPSA) is 61.8 Å². The third-order valence-electron chi connectivity index (χ3n) is 5.72. The van der Waals surface area contributed by atoms with Crippen LogP contribution in [0.1, 0.15) is 16.8 Å². The summed E-state index contributed by atoms with van der Waals surface area (Å²) >= 11 is 0. The third kappa shape index (κ3) is 5.29. The van der Waals surface area contributed by atoms with Gasteiger partial charge in [0.1, 0.15) is 5.82 Å². The maximum absolute atomic E-state index is 12.7. The fourth-order valence-corrected chi connectivity index (χ4v) is 3.89. The minimum Gasteiger partial charge on any atom is -0.378 e. The highest BCUT2D eigenvalue weighted by Gasteiger charge is 2.30. The van der Waals surface area contributed by atoms with E-state index < -0.39 is 11.7 Å². The van der Waals surface area contributed by atoms with E-state index in [9.17, 15) is 18.0 Å². The molecule has 2 aliphatic heterocycles. The molecule has 2 aliphatic rings. The summed E-state index contributed by atoms with van der Waals surface area (Å²) in [5.74, 6) is 1.45. The number of benzene rings is 1. The zero-order valence-electron chi connectivity index (χ0n) is 17.9. The van der Waals surface area contributed by atoms with Crippen molar-refractivity contribution < 1.29 is 22.7 Å². The minimum absolute atomic E-state index is 0.0836. The van der Waals surface area contributed by atoms with E-state index in [4.69, 9.17) is 9.72 Å². The molecule has 0 spiro atoms. The van der Waals surface area contributed by atoms with E-state index in [1.165, 1.54) is 12.1 Å². The standard InChI is InChI=1S/C22H26F3N5O2/c1-16-14-19(28-10-12-32-13-11-28)27-21(26-16)30-8-6-29(7-9-30)20(31)15-17-2-4-18(5-3-17)22(23,24)25/h2-5,14H,6-13,15H2,1H3. The lowest BCUT2D eigenvalue weighted by molar-refractivity contribution is -0.137. The number of carbonyl (C=O) groups excluding carboxylic acids is 1. The van der Waals surface area contributed by atoms with Gasteiger partial charge >= 0.3 is 6.18 Å². The van der Waals surface area contributed by atoms with E-state index in [1.807, 2.05) is 13.0 Å². The largest absolute Gasteiger partial charge is 0.416 e. The maximum Gasteiger partial charge on any atom is 0.416 e. The molecule has 32 heavy (non-hydrogen) atoms. The zero-order chi connectivity index (χ0) is 22.7. The highest BCUT2D eigenvalue weighted by molar-refractivity contribution is 5.79. The lowest BCUT2D eigenvalue weighted by Crippen LogP contribution is -2.49. The summed E-state index contributed by atoms with van der Waals surface area (Å²) in [4.78, 5) is 28.0. The van der Waals surface area contributed by atoms with Gasteiger partial charge in [-0.1, -0.05) is 12.1 Å². The Kier molecular flexibility index (Phi) is 6.50. The number of nitrogens with zero attached hydrogens (tertiary/aromatic N) is 5. The van der Waals surface area contributed by atoms with E-state index in [-0.39, 0.29) is 12.3 Å². The molecule has 0 N–H and O–H groups in total. The number of halogens is 3. The Hall–Kier alpha value is -2.88. The molecule has 172 valence electrons. The number of ether oxygens (including phenoxy) is 1. The summed E-state index contributed by atoms with van der Waals surface area (Å²) in [6, 6.07) is 6.73. The average molecular weight is 449 g/mol. The van der Waals surface area contributed by atoms with Crippen LogP contribution in [0.3, 0.4) is 0 Å². The first-order valence-corrected chi connectivity index (χ1v) is 10.7. The predicted octanol–water partition coefficient (Wildman–Crippen LogP) is 2.53. The molecule has 0 atom stereocenters. The Morgan fingerprint density at radius 3 is 2.25 bits per heavy atom. The molecule has 0 unspecified atom stereocenters. The fraction of sp³-hybridized carbons (Fsp3) is 0.500. The van der Waals surface area contributed by atoms with E-state index in [0.29, 0.717) is 50.9 Å². The first kappa shape index (κ1) is 22.3. The number of rotatable bonds is 4. The fourth-order valence-electron chi connectivity index (χ4n) is 3.89. The van der Waals surface area contributed by atoms with Gasteiger partial charge in [0.2, 0.25) is 11.9 Å². The van der Waals surface area contributed by atoms with Crippen LogP contribution in [-0.2, 0) is 22.1 Å². The molecule has 7 nitrogen and oxygen atoms in total. The number of aryl methyl sites for hydroxylation is 1. The molecule has 0 saturated carbocycles. The van der Waals surface area contributed by atoms with Gasteiger partial charge in [-0.05, 0) is 24.6 Å². The second kappa shape index (κ2) is 9.32. The molecule has 1 aromatic carbocycles. The van der Waals surface area contributed by atoms with Gasteiger partial charge in [0, 0.05) is 51.0 Å². The van der Waals surface area contributed by atoms with Gasteiger partial charge in [0.25, 0.3) is 0 Å². The Labute approximate surface area is 184 Å². The van der Waals surface area contributed by atoms with Crippen molar-refractivity contribution in [2.24, 2.45) is 0 Å². The van der Waals surface area contributed by atoms with E-state index >= 15 is 0 Å². The Balaban J connectivity index is 1.34.